The number of fused-ring (bicyclic) bond motifs is 1. The quantitative estimate of drug-likeness (QED) is 0.217. The summed E-state index contributed by atoms with van der Waals surface area (Å²) in [6, 6.07) is 22.8. The van der Waals surface area contributed by atoms with Crippen molar-refractivity contribution in [3.8, 4) is 0 Å². The van der Waals surface area contributed by atoms with Crippen molar-refractivity contribution in [3.63, 3.8) is 0 Å². The first-order chi connectivity index (χ1) is 21.4. The van der Waals surface area contributed by atoms with Crippen molar-refractivity contribution in [1.29, 1.82) is 0 Å². The summed E-state index contributed by atoms with van der Waals surface area (Å²) < 4.78 is 0. The van der Waals surface area contributed by atoms with Crippen LogP contribution in [0.1, 0.15) is 72.5 Å². The smallest absolute Gasteiger partial charge is 0.250 e. The van der Waals surface area contributed by atoms with E-state index in [1.165, 1.54) is 22.2 Å². The highest BCUT2D eigenvalue weighted by Crippen LogP contribution is 2.67. The van der Waals surface area contributed by atoms with Crippen molar-refractivity contribution < 1.29 is 9.59 Å². The molecular weight excluding hydrogens is 556 g/mol. The van der Waals surface area contributed by atoms with Crippen LogP contribution in [0.5, 0.6) is 0 Å². The fourth-order valence-corrected chi connectivity index (χ4v) is 8.15. The van der Waals surface area contributed by atoms with Gasteiger partial charge in [0.25, 0.3) is 0 Å². The molecule has 2 atom stereocenters. The zero-order chi connectivity index (χ0) is 32.1. The molecule has 3 aromatic carbocycles. The highest BCUT2D eigenvalue weighted by molar-refractivity contribution is 6.02. The van der Waals surface area contributed by atoms with Gasteiger partial charge in [0.1, 0.15) is 5.54 Å². The molecule has 2 fully saturated rings. The summed E-state index contributed by atoms with van der Waals surface area (Å²) in [6.07, 6.45) is 1.60. The van der Waals surface area contributed by atoms with Gasteiger partial charge in [-0.1, -0.05) is 80.1 Å². The molecule has 4 aromatic rings. The number of aromatic nitrogens is 1. The molecule has 1 saturated carbocycles. The largest absolute Gasteiger partial charge is 0.358 e. The molecule has 1 aromatic heterocycles. The zero-order valence-electron chi connectivity index (χ0n) is 28.0. The summed E-state index contributed by atoms with van der Waals surface area (Å²) in [5.41, 5.74) is 7.84. The van der Waals surface area contributed by atoms with E-state index in [0.29, 0.717) is 25.8 Å². The number of hydrogen-bond acceptors (Lipinski definition) is 3. The summed E-state index contributed by atoms with van der Waals surface area (Å²) in [4.78, 5) is 37.3. The molecule has 45 heavy (non-hydrogen) atoms. The lowest BCUT2D eigenvalue weighted by molar-refractivity contribution is -0.150. The van der Waals surface area contributed by atoms with Crippen LogP contribution in [-0.4, -0.2) is 52.3 Å². The van der Waals surface area contributed by atoms with Gasteiger partial charge >= 0.3 is 0 Å². The second kappa shape index (κ2) is 11.8. The van der Waals surface area contributed by atoms with Crippen LogP contribution in [0.3, 0.4) is 0 Å². The number of H-pyrrole nitrogens is 1. The van der Waals surface area contributed by atoms with Crippen LogP contribution in [0.2, 0.25) is 0 Å². The first-order valence-electron chi connectivity index (χ1n) is 16.4. The van der Waals surface area contributed by atoms with E-state index in [1.807, 2.05) is 36.9 Å². The molecule has 2 N–H and O–H groups in total. The van der Waals surface area contributed by atoms with Crippen molar-refractivity contribution in [2.75, 3.05) is 25.5 Å². The van der Waals surface area contributed by atoms with Gasteiger partial charge in [0, 0.05) is 48.3 Å². The average Bonchev–Trinajstić information content (AvgIpc) is 3.35. The second-order valence-electron chi connectivity index (χ2n) is 14.3. The Bertz CT molecular complexity index is 1710. The third-order valence-electron chi connectivity index (χ3n) is 10.9. The molecular formula is C39H48N4O2. The summed E-state index contributed by atoms with van der Waals surface area (Å²) in [7, 11) is 2.10. The fraction of sp³-hybridized carbons (Fsp3) is 0.436. The number of hydrogen-bond donors (Lipinski definition) is 2. The van der Waals surface area contributed by atoms with Crippen molar-refractivity contribution in [2.24, 2.45) is 11.3 Å². The minimum absolute atomic E-state index is 0.0257. The molecule has 6 rings (SSSR count). The molecule has 1 aliphatic heterocycles. The number of amides is 2. The van der Waals surface area contributed by atoms with Crippen LogP contribution in [-0.2, 0) is 16.1 Å². The van der Waals surface area contributed by atoms with Crippen LogP contribution >= 0.6 is 0 Å². The van der Waals surface area contributed by atoms with E-state index in [9.17, 15) is 9.59 Å². The maximum atomic E-state index is 14.8. The zero-order valence-corrected chi connectivity index (χ0v) is 28.0. The number of para-hydroxylation sites is 1. The Kier molecular flexibility index (Phi) is 8.15. The van der Waals surface area contributed by atoms with Crippen LogP contribution in [0, 0.1) is 39.0 Å². The van der Waals surface area contributed by atoms with E-state index < -0.39 is 5.54 Å². The van der Waals surface area contributed by atoms with Crippen molar-refractivity contribution in [3.05, 3.63) is 100 Å². The fourth-order valence-electron chi connectivity index (χ4n) is 8.15. The maximum Gasteiger partial charge on any atom is 0.250 e. The Labute approximate surface area is 268 Å². The van der Waals surface area contributed by atoms with E-state index in [-0.39, 0.29) is 29.1 Å². The van der Waals surface area contributed by atoms with Gasteiger partial charge in [0.15, 0.2) is 0 Å². The number of aromatic amines is 1. The Morgan fingerprint density at radius 3 is 2.22 bits per heavy atom. The first kappa shape index (κ1) is 31.1. The van der Waals surface area contributed by atoms with E-state index >= 15 is 0 Å². The lowest BCUT2D eigenvalue weighted by atomic mass is 9.83. The van der Waals surface area contributed by atoms with E-state index in [1.54, 1.807) is 0 Å². The molecule has 1 saturated heterocycles. The number of benzene rings is 3. The van der Waals surface area contributed by atoms with Gasteiger partial charge < -0.3 is 20.1 Å². The van der Waals surface area contributed by atoms with Crippen molar-refractivity contribution in [1.82, 2.24) is 14.8 Å². The predicted molar refractivity (Wildman–Crippen MR) is 183 cm³/mol. The number of carbonyl (C=O) groups excluding carboxylic acids is 2. The Hall–Kier alpha value is -3.90. The topological polar surface area (TPSA) is 68.4 Å². The normalized spacial score (nSPS) is 20.6. The number of piperidine rings is 1. The van der Waals surface area contributed by atoms with Crippen LogP contribution in [0.4, 0.5) is 5.69 Å². The van der Waals surface area contributed by atoms with E-state index in [2.05, 4.69) is 98.5 Å². The van der Waals surface area contributed by atoms with Crippen LogP contribution < -0.4 is 5.32 Å². The first-order valence-corrected chi connectivity index (χ1v) is 16.4. The van der Waals surface area contributed by atoms with Gasteiger partial charge in [-0.3, -0.25) is 9.59 Å². The third-order valence-corrected chi connectivity index (χ3v) is 10.9. The molecule has 2 heterocycles. The molecule has 0 radical (unpaired) electrons. The second-order valence-corrected chi connectivity index (χ2v) is 14.3. The molecule has 6 nitrogen and oxygen atoms in total. The number of likely N-dealkylation sites (tertiary alicyclic amines) is 1. The average molecular weight is 605 g/mol. The highest BCUT2D eigenvalue weighted by Gasteiger charge is 2.60. The molecule has 2 aliphatic rings. The monoisotopic (exact) mass is 604 g/mol. The Balaban J connectivity index is 1.36. The standard InChI is InChI=1S/C39H48N4O2/c1-25-21-26(2)36(27(3)22-25)41-37(45)39(17-19-42(7)20-18-39)43(24-29-13-9-8-10-14-29)33(44)23-31-35(38(31,5)6)34-28(4)40-32-16-12-11-15-30(32)34/h8-16,21-22,31,35,40H,17-20,23-24H2,1-7H3,(H,41,45)/t31-,35-/m0/s1. The summed E-state index contributed by atoms with van der Waals surface area (Å²) >= 11 is 0. The number of anilines is 1. The predicted octanol–water partition coefficient (Wildman–Crippen LogP) is 7.66. The van der Waals surface area contributed by atoms with Gasteiger partial charge in [-0.15, -0.1) is 0 Å². The molecule has 236 valence electrons. The van der Waals surface area contributed by atoms with Gasteiger partial charge in [-0.05, 0) is 93.2 Å². The summed E-state index contributed by atoms with van der Waals surface area (Å²) in [5, 5.41) is 4.59. The lowest BCUT2D eigenvalue weighted by Crippen LogP contribution is -2.63. The lowest BCUT2D eigenvalue weighted by Gasteiger charge is -2.47. The number of nitrogens with one attached hydrogen (secondary N) is 2. The van der Waals surface area contributed by atoms with Crippen molar-refractivity contribution >= 4 is 28.4 Å². The van der Waals surface area contributed by atoms with Gasteiger partial charge in [0.05, 0.1) is 0 Å². The van der Waals surface area contributed by atoms with E-state index in [4.69, 9.17) is 0 Å². The Morgan fingerprint density at radius 1 is 0.933 bits per heavy atom. The highest BCUT2D eigenvalue weighted by atomic mass is 16.2. The summed E-state index contributed by atoms with van der Waals surface area (Å²) in [5.74, 6) is 0.452. The van der Waals surface area contributed by atoms with Crippen LogP contribution in [0.25, 0.3) is 10.9 Å². The molecule has 0 spiro atoms. The number of rotatable bonds is 8. The number of nitrogens with zero attached hydrogens (tertiary/aromatic N) is 2. The third kappa shape index (κ3) is 5.69. The van der Waals surface area contributed by atoms with Gasteiger partial charge in [-0.2, -0.15) is 0 Å². The van der Waals surface area contributed by atoms with E-state index in [0.717, 1.165) is 41.0 Å². The van der Waals surface area contributed by atoms with Gasteiger partial charge in [-0.25, -0.2) is 0 Å². The Morgan fingerprint density at radius 2 is 1.56 bits per heavy atom. The molecule has 2 amide bonds. The molecule has 1 aliphatic carbocycles. The molecule has 0 bridgehead atoms. The molecule has 6 heteroatoms. The maximum absolute atomic E-state index is 14.8. The minimum atomic E-state index is -0.950. The minimum Gasteiger partial charge on any atom is -0.358 e. The summed E-state index contributed by atoms with van der Waals surface area (Å²) in [6.45, 7) is 14.8. The number of carbonyl (C=O) groups is 2. The molecule has 0 unspecified atom stereocenters. The van der Waals surface area contributed by atoms with Gasteiger partial charge in [0.2, 0.25) is 11.8 Å². The van der Waals surface area contributed by atoms with Crippen molar-refractivity contribution in [2.45, 2.75) is 78.8 Å². The van der Waals surface area contributed by atoms with Crippen LogP contribution in [0.15, 0.2) is 66.7 Å². The number of aryl methyl sites for hydroxylation is 4. The SMILES string of the molecule is Cc1cc(C)c(NC(=O)C2(N(Cc3ccccc3)C(=O)C[C@H]3[C@@H](c4c(C)[nH]c5ccccc45)C3(C)C)CCN(C)CC2)c(C)c1.